The minimum absolute atomic E-state index is 0.0318. The molecule has 5 N–H and O–H groups in total. The molecule has 8 heteroatoms. The van der Waals surface area contributed by atoms with Crippen LogP contribution in [0.1, 0.15) is 31.8 Å². The van der Waals surface area contributed by atoms with Crippen molar-refractivity contribution < 1.29 is 39.9 Å². The van der Waals surface area contributed by atoms with E-state index >= 15 is 0 Å². The number of hydrogen-bond donors (Lipinski definition) is 5. The van der Waals surface area contributed by atoms with Gasteiger partial charge in [0.1, 0.15) is 28.7 Å². The largest absolute Gasteiger partial charge is 0.508 e. The van der Waals surface area contributed by atoms with Crippen molar-refractivity contribution in [3.05, 3.63) is 113 Å². The lowest BCUT2D eigenvalue weighted by Gasteiger charge is -2.08. The highest BCUT2D eigenvalue weighted by atomic mass is 16.5. The molecular weight excluding hydrogens is 488 g/mol. The maximum atomic E-state index is 12.3. The van der Waals surface area contributed by atoms with Crippen molar-refractivity contribution >= 4 is 23.7 Å². The molecule has 0 saturated heterocycles. The summed E-state index contributed by atoms with van der Waals surface area (Å²) in [6.07, 6.45) is 5.57. The molecule has 0 radical (unpaired) electrons. The van der Waals surface area contributed by atoms with E-state index in [1.165, 1.54) is 54.6 Å². The average molecular weight is 510 g/mol. The fraction of sp³-hybridized carbons (Fsp3) is 0. The van der Waals surface area contributed by atoms with Gasteiger partial charge in [-0.15, -0.1) is 0 Å². The summed E-state index contributed by atoms with van der Waals surface area (Å²) in [5.41, 5.74) is 1.31. The summed E-state index contributed by atoms with van der Waals surface area (Å²) in [6.45, 7) is 0. The number of benzene rings is 4. The van der Waals surface area contributed by atoms with E-state index in [1.807, 2.05) is 0 Å². The van der Waals surface area contributed by atoms with E-state index in [0.29, 0.717) is 16.9 Å². The Morgan fingerprint density at radius 2 is 1.05 bits per heavy atom. The first kappa shape index (κ1) is 25.6. The fourth-order valence-corrected chi connectivity index (χ4v) is 3.48. The van der Waals surface area contributed by atoms with Crippen molar-refractivity contribution in [2.45, 2.75) is 0 Å². The third-order valence-corrected chi connectivity index (χ3v) is 5.44. The Bertz CT molecular complexity index is 1570. The van der Waals surface area contributed by atoms with Crippen LogP contribution in [0.25, 0.3) is 12.2 Å². The molecule has 0 saturated carbocycles. The van der Waals surface area contributed by atoms with Crippen LogP contribution in [0.4, 0.5) is 0 Å². The standard InChI is InChI=1S/C30H22O8/c31-20-6-10-23(27(35)16-20)25(33)12-3-18-1-8-22(9-2-18)38-30-14-5-19(15-29(30)37)4-13-26(34)24-11-7-21(32)17-28(24)36/h1-17,31-32,35-37H/b12-3+,13-4+. The first-order chi connectivity index (χ1) is 18.2. The first-order valence-corrected chi connectivity index (χ1v) is 11.3. The molecule has 0 spiro atoms. The highest BCUT2D eigenvalue weighted by Gasteiger charge is 2.10. The number of ketones is 2. The molecule has 0 atom stereocenters. The van der Waals surface area contributed by atoms with E-state index in [2.05, 4.69) is 0 Å². The van der Waals surface area contributed by atoms with Gasteiger partial charge in [-0.05, 0) is 71.8 Å². The highest BCUT2D eigenvalue weighted by Crippen LogP contribution is 2.32. The second-order valence-electron chi connectivity index (χ2n) is 8.20. The quantitative estimate of drug-likeness (QED) is 0.148. The summed E-state index contributed by atoms with van der Waals surface area (Å²) >= 11 is 0. The van der Waals surface area contributed by atoms with Gasteiger partial charge in [0.2, 0.25) is 0 Å². The molecule has 0 bridgehead atoms. The molecule has 0 fully saturated rings. The monoisotopic (exact) mass is 510 g/mol. The summed E-state index contributed by atoms with van der Waals surface area (Å²) in [5.74, 6) is -1.39. The molecule has 38 heavy (non-hydrogen) atoms. The second kappa shape index (κ2) is 11.0. The molecule has 0 heterocycles. The van der Waals surface area contributed by atoms with Gasteiger partial charge in [-0.2, -0.15) is 0 Å². The van der Waals surface area contributed by atoms with Gasteiger partial charge in [-0.3, -0.25) is 9.59 Å². The molecule has 4 aromatic carbocycles. The molecule has 0 aliphatic heterocycles. The van der Waals surface area contributed by atoms with E-state index in [9.17, 15) is 35.1 Å². The molecule has 190 valence electrons. The van der Waals surface area contributed by atoms with Crippen LogP contribution in [-0.2, 0) is 0 Å². The van der Waals surface area contributed by atoms with Crippen molar-refractivity contribution in [1.29, 1.82) is 0 Å². The number of carbonyl (C=O) groups is 2. The number of carbonyl (C=O) groups excluding carboxylic acids is 2. The van der Waals surface area contributed by atoms with E-state index in [0.717, 1.165) is 12.1 Å². The van der Waals surface area contributed by atoms with Crippen molar-refractivity contribution in [2.24, 2.45) is 0 Å². The van der Waals surface area contributed by atoms with Crippen LogP contribution in [0.15, 0.2) is 91.0 Å². The molecule has 4 aromatic rings. The Kier molecular flexibility index (Phi) is 7.44. The topological polar surface area (TPSA) is 145 Å². The maximum Gasteiger partial charge on any atom is 0.189 e. The Hall–Kier alpha value is -5.50. The maximum absolute atomic E-state index is 12.3. The smallest absolute Gasteiger partial charge is 0.189 e. The predicted octanol–water partition coefficient (Wildman–Crippen LogP) is 5.80. The highest BCUT2D eigenvalue weighted by molar-refractivity contribution is 6.09. The summed E-state index contributed by atoms with van der Waals surface area (Å²) in [4.78, 5) is 24.6. The Balaban J connectivity index is 1.39. The van der Waals surface area contributed by atoms with Gasteiger partial charge >= 0.3 is 0 Å². The van der Waals surface area contributed by atoms with E-state index in [4.69, 9.17) is 4.74 Å². The molecule has 4 rings (SSSR count). The SMILES string of the molecule is O=C(/C=C/c1ccc(Oc2ccc(/C=C/C(=O)c3ccc(O)cc3O)cc2O)cc1)c1ccc(O)cc1O. The lowest BCUT2D eigenvalue weighted by molar-refractivity contribution is 0.103. The van der Waals surface area contributed by atoms with Gasteiger partial charge in [-0.1, -0.05) is 30.4 Å². The number of rotatable bonds is 8. The second-order valence-corrected chi connectivity index (χ2v) is 8.20. The molecule has 0 aromatic heterocycles. The van der Waals surface area contributed by atoms with Crippen molar-refractivity contribution in [3.63, 3.8) is 0 Å². The van der Waals surface area contributed by atoms with Gasteiger partial charge in [0.05, 0.1) is 11.1 Å². The van der Waals surface area contributed by atoms with Crippen molar-refractivity contribution in [3.8, 4) is 40.2 Å². The van der Waals surface area contributed by atoms with Gasteiger partial charge in [-0.25, -0.2) is 0 Å². The molecule has 0 aliphatic rings. The number of phenols is 5. The predicted molar refractivity (Wildman–Crippen MR) is 141 cm³/mol. The van der Waals surface area contributed by atoms with E-state index in [1.54, 1.807) is 36.4 Å². The molecule has 0 unspecified atom stereocenters. The summed E-state index contributed by atoms with van der Waals surface area (Å²) < 4.78 is 5.72. The number of ether oxygens (including phenoxy) is 1. The van der Waals surface area contributed by atoms with Gasteiger partial charge in [0.25, 0.3) is 0 Å². The third-order valence-electron chi connectivity index (χ3n) is 5.44. The minimum Gasteiger partial charge on any atom is -0.508 e. The zero-order chi connectivity index (χ0) is 27.2. The van der Waals surface area contributed by atoms with Crippen LogP contribution in [0.2, 0.25) is 0 Å². The number of allylic oxidation sites excluding steroid dienone is 2. The summed E-state index contributed by atoms with van der Waals surface area (Å²) in [7, 11) is 0. The van der Waals surface area contributed by atoms with Crippen LogP contribution in [0.3, 0.4) is 0 Å². The molecule has 0 amide bonds. The minimum atomic E-state index is -0.474. The zero-order valence-electron chi connectivity index (χ0n) is 19.8. The van der Waals surface area contributed by atoms with Crippen LogP contribution in [0, 0.1) is 0 Å². The van der Waals surface area contributed by atoms with Crippen LogP contribution in [-0.4, -0.2) is 37.1 Å². The first-order valence-electron chi connectivity index (χ1n) is 11.3. The molecule has 8 nitrogen and oxygen atoms in total. The van der Waals surface area contributed by atoms with Crippen molar-refractivity contribution in [1.82, 2.24) is 0 Å². The number of hydrogen-bond acceptors (Lipinski definition) is 8. The lowest BCUT2D eigenvalue weighted by atomic mass is 10.1. The van der Waals surface area contributed by atoms with Crippen molar-refractivity contribution in [2.75, 3.05) is 0 Å². The molecular formula is C30H22O8. The summed E-state index contributed by atoms with van der Waals surface area (Å²) in [6, 6.07) is 18.7. The zero-order valence-corrected chi connectivity index (χ0v) is 19.8. The van der Waals surface area contributed by atoms with E-state index < -0.39 is 11.6 Å². The van der Waals surface area contributed by atoms with E-state index in [-0.39, 0.29) is 45.6 Å². The van der Waals surface area contributed by atoms with Gasteiger partial charge < -0.3 is 30.3 Å². The Morgan fingerprint density at radius 1 is 0.553 bits per heavy atom. The number of phenolic OH excluding ortho intramolecular Hbond substituents is 5. The normalized spacial score (nSPS) is 11.2. The molecule has 0 aliphatic carbocycles. The Labute approximate surface area is 217 Å². The van der Waals surface area contributed by atoms with Crippen LogP contribution in [0.5, 0.6) is 40.2 Å². The fourth-order valence-electron chi connectivity index (χ4n) is 3.48. The lowest BCUT2D eigenvalue weighted by Crippen LogP contribution is -1.94. The average Bonchev–Trinajstić information content (AvgIpc) is 2.88. The third kappa shape index (κ3) is 6.19. The van der Waals surface area contributed by atoms with Gasteiger partial charge in [0, 0.05) is 12.1 Å². The number of aromatic hydroxyl groups is 5. The summed E-state index contributed by atoms with van der Waals surface area (Å²) in [5, 5.41) is 48.7. The van der Waals surface area contributed by atoms with Gasteiger partial charge in [0.15, 0.2) is 23.1 Å². The van der Waals surface area contributed by atoms with Crippen LogP contribution >= 0.6 is 0 Å². The Morgan fingerprint density at radius 3 is 1.55 bits per heavy atom. The van der Waals surface area contributed by atoms with Crippen LogP contribution < -0.4 is 4.74 Å².